The van der Waals surface area contributed by atoms with Gasteiger partial charge in [-0.2, -0.15) is 0 Å². The van der Waals surface area contributed by atoms with Gasteiger partial charge in [-0.05, 0) is 18.1 Å². The Morgan fingerprint density at radius 2 is 2.14 bits per heavy atom. The van der Waals surface area contributed by atoms with Gasteiger partial charge in [0.1, 0.15) is 0 Å². The summed E-state index contributed by atoms with van der Waals surface area (Å²) in [5.41, 5.74) is 6.36. The van der Waals surface area contributed by atoms with Crippen LogP contribution in [0.2, 0.25) is 0 Å². The molecule has 0 saturated carbocycles. The maximum Gasteiger partial charge on any atom is 0.224 e. The third-order valence-electron chi connectivity index (χ3n) is 2.34. The molecule has 1 radical (unpaired) electrons. The molecule has 0 spiro atoms. The van der Waals surface area contributed by atoms with E-state index in [-0.39, 0.29) is 11.8 Å². The Morgan fingerprint density at radius 1 is 1.50 bits per heavy atom. The summed E-state index contributed by atoms with van der Waals surface area (Å²) >= 11 is 0. The van der Waals surface area contributed by atoms with Crippen molar-refractivity contribution in [2.75, 3.05) is 0 Å². The SMILES string of the molecule is CCCCC(C(N)=O)c1cc[c]cc1. The van der Waals surface area contributed by atoms with Crippen LogP contribution in [0.5, 0.6) is 0 Å². The van der Waals surface area contributed by atoms with Gasteiger partial charge < -0.3 is 5.73 Å². The van der Waals surface area contributed by atoms with Crippen LogP contribution in [0, 0.1) is 6.07 Å². The van der Waals surface area contributed by atoms with Crippen molar-refractivity contribution in [3.63, 3.8) is 0 Å². The summed E-state index contributed by atoms with van der Waals surface area (Å²) in [6.07, 6.45) is 2.96. The highest BCUT2D eigenvalue weighted by molar-refractivity contribution is 5.81. The summed E-state index contributed by atoms with van der Waals surface area (Å²) in [5.74, 6) is -0.366. The zero-order valence-corrected chi connectivity index (χ0v) is 8.49. The molecule has 1 unspecified atom stereocenters. The summed E-state index contributed by atoms with van der Waals surface area (Å²) in [4.78, 5) is 11.2. The van der Waals surface area contributed by atoms with Crippen molar-refractivity contribution in [2.24, 2.45) is 5.73 Å². The fourth-order valence-electron chi connectivity index (χ4n) is 1.51. The third-order valence-corrected chi connectivity index (χ3v) is 2.34. The Balaban J connectivity index is 2.73. The standard InChI is InChI=1S/C12H16NO/c1-2-3-9-11(12(13)14)10-7-5-4-6-8-10/h5-8,11H,2-3,9H2,1H3,(H2,13,14). The number of benzene rings is 1. The van der Waals surface area contributed by atoms with E-state index in [0.29, 0.717) is 0 Å². The first-order valence-corrected chi connectivity index (χ1v) is 5.01. The average Bonchev–Trinajstić information content (AvgIpc) is 2.19. The number of carbonyl (C=O) groups is 1. The quantitative estimate of drug-likeness (QED) is 0.760. The van der Waals surface area contributed by atoms with Crippen LogP contribution in [0.1, 0.15) is 37.7 Å². The molecule has 0 aliphatic rings. The number of rotatable bonds is 5. The number of nitrogens with two attached hydrogens (primary N) is 1. The highest BCUT2D eigenvalue weighted by Crippen LogP contribution is 2.21. The van der Waals surface area contributed by atoms with Crippen LogP contribution in [0.15, 0.2) is 24.3 Å². The van der Waals surface area contributed by atoms with Gasteiger partial charge in [0, 0.05) is 0 Å². The van der Waals surface area contributed by atoms with E-state index in [9.17, 15) is 4.79 Å². The van der Waals surface area contributed by atoms with Crippen LogP contribution in [0.25, 0.3) is 0 Å². The molecule has 1 aromatic carbocycles. The lowest BCUT2D eigenvalue weighted by molar-refractivity contribution is -0.119. The average molecular weight is 190 g/mol. The maximum absolute atomic E-state index is 11.2. The number of primary amides is 1. The summed E-state index contributed by atoms with van der Waals surface area (Å²) in [6, 6.07) is 10.4. The molecular weight excluding hydrogens is 174 g/mol. The molecule has 1 amide bonds. The predicted molar refractivity (Wildman–Crippen MR) is 56.7 cm³/mol. The first-order valence-electron chi connectivity index (χ1n) is 5.01. The molecule has 0 aromatic heterocycles. The normalized spacial score (nSPS) is 12.4. The molecule has 0 aliphatic carbocycles. The van der Waals surface area contributed by atoms with Gasteiger partial charge in [-0.1, -0.05) is 44.0 Å². The van der Waals surface area contributed by atoms with Crippen molar-refractivity contribution in [3.8, 4) is 0 Å². The molecule has 1 aromatic rings. The summed E-state index contributed by atoms with van der Waals surface area (Å²) < 4.78 is 0. The molecule has 0 saturated heterocycles. The molecule has 0 bridgehead atoms. The van der Waals surface area contributed by atoms with E-state index in [4.69, 9.17) is 5.73 Å². The predicted octanol–water partition coefficient (Wildman–Crippen LogP) is 2.25. The van der Waals surface area contributed by atoms with Crippen molar-refractivity contribution in [1.82, 2.24) is 0 Å². The Bertz CT molecular complexity index is 282. The molecule has 2 N–H and O–H groups in total. The zero-order chi connectivity index (χ0) is 10.4. The van der Waals surface area contributed by atoms with Gasteiger partial charge in [0.2, 0.25) is 5.91 Å². The Labute approximate surface area is 85.1 Å². The van der Waals surface area contributed by atoms with Gasteiger partial charge in [-0.15, -0.1) is 0 Å². The minimum atomic E-state index is -0.232. The highest BCUT2D eigenvalue weighted by Gasteiger charge is 2.16. The lowest BCUT2D eigenvalue weighted by Gasteiger charge is -2.12. The number of unbranched alkanes of at least 4 members (excludes halogenated alkanes) is 1. The summed E-state index contributed by atoms with van der Waals surface area (Å²) in [7, 11) is 0. The van der Waals surface area contributed by atoms with Crippen LogP contribution >= 0.6 is 0 Å². The second kappa shape index (κ2) is 5.43. The molecule has 2 nitrogen and oxygen atoms in total. The lowest BCUT2D eigenvalue weighted by Crippen LogP contribution is -2.21. The van der Waals surface area contributed by atoms with Crippen molar-refractivity contribution in [3.05, 3.63) is 35.9 Å². The minimum Gasteiger partial charge on any atom is -0.369 e. The first kappa shape index (κ1) is 10.8. The fourth-order valence-corrected chi connectivity index (χ4v) is 1.51. The summed E-state index contributed by atoms with van der Waals surface area (Å²) in [6.45, 7) is 2.11. The van der Waals surface area contributed by atoms with E-state index in [1.165, 1.54) is 0 Å². The van der Waals surface area contributed by atoms with Gasteiger partial charge in [-0.25, -0.2) is 0 Å². The van der Waals surface area contributed by atoms with E-state index >= 15 is 0 Å². The van der Waals surface area contributed by atoms with E-state index in [1.54, 1.807) is 0 Å². The van der Waals surface area contributed by atoms with Gasteiger partial charge in [0.15, 0.2) is 0 Å². The van der Waals surface area contributed by atoms with Crippen LogP contribution in [0.4, 0.5) is 0 Å². The van der Waals surface area contributed by atoms with Crippen LogP contribution in [-0.4, -0.2) is 5.91 Å². The molecule has 2 heteroatoms. The lowest BCUT2D eigenvalue weighted by atomic mass is 9.93. The Kier molecular flexibility index (Phi) is 4.17. The van der Waals surface area contributed by atoms with Crippen molar-refractivity contribution < 1.29 is 4.79 Å². The molecule has 0 heterocycles. The number of amides is 1. The number of carbonyl (C=O) groups excluding carboxylic acids is 1. The van der Waals surface area contributed by atoms with Crippen molar-refractivity contribution in [1.29, 1.82) is 0 Å². The molecule has 0 fully saturated rings. The molecule has 75 valence electrons. The van der Waals surface area contributed by atoms with Crippen molar-refractivity contribution in [2.45, 2.75) is 32.1 Å². The topological polar surface area (TPSA) is 43.1 Å². The van der Waals surface area contributed by atoms with E-state index in [2.05, 4.69) is 13.0 Å². The monoisotopic (exact) mass is 190 g/mol. The fraction of sp³-hybridized carbons (Fsp3) is 0.417. The van der Waals surface area contributed by atoms with Gasteiger partial charge in [-0.3, -0.25) is 4.79 Å². The molecule has 0 aliphatic heterocycles. The largest absolute Gasteiger partial charge is 0.369 e. The molecule has 14 heavy (non-hydrogen) atoms. The first-order chi connectivity index (χ1) is 6.75. The number of hydrogen-bond donors (Lipinski definition) is 1. The second-order valence-electron chi connectivity index (χ2n) is 3.43. The Hall–Kier alpha value is -1.31. The smallest absolute Gasteiger partial charge is 0.224 e. The summed E-state index contributed by atoms with van der Waals surface area (Å²) in [5, 5.41) is 0. The zero-order valence-electron chi connectivity index (χ0n) is 8.49. The Morgan fingerprint density at radius 3 is 2.64 bits per heavy atom. The van der Waals surface area contributed by atoms with Gasteiger partial charge in [0.05, 0.1) is 5.92 Å². The maximum atomic E-state index is 11.2. The van der Waals surface area contributed by atoms with E-state index in [1.807, 2.05) is 24.3 Å². The molecule has 1 rings (SSSR count). The molecular formula is C12H16NO. The third kappa shape index (κ3) is 2.87. The van der Waals surface area contributed by atoms with Crippen LogP contribution in [-0.2, 0) is 4.79 Å². The van der Waals surface area contributed by atoms with E-state index in [0.717, 1.165) is 24.8 Å². The highest BCUT2D eigenvalue weighted by atomic mass is 16.1. The molecule has 1 atom stereocenters. The van der Waals surface area contributed by atoms with Crippen molar-refractivity contribution >= 4 is 5.91 Å². The van der Waals surface area contributed by atoms with Crippen LogP contribution in [0.3, 0.4) is 0 Å². The number of hydrogen-bond acceptors (Lipinski definition) is 1. The minimum absolute atomic E-state index is 0.135. The van der Waals surface area contributed by atoms with Gasteiger partial charge >= 0.3 is 0 Å². The second-order valence-corrected chi connectivity index (χ2v) is 3.43. The van der Waals surface area contributed by atoms with Crippen LogP contribution < -0.4 is 5.73 Å². The van der Waals surface area contributed by atoms with Gasteiger partial charge in [0.25, 0.3) is 0 Å². The van der Waals surface area contributed by atoms with E-state index < -0.39 is 0 Å².